The molecular formula is C25H21N3O2. The van der Waals surface area contributed by atoms with E-state index in [1.807, 2.05) is 53.4 Å². The molecule has 4 aromatic rings. The Bertz CT molecular complexity index is 1240. The van der Waals surface area contributed by atoms with Crippen LogP contribution in [0.1, 0.15) is 21.6 Å². The van der Waals surface area contributed by atoms with E-state index in [-0.39, 0.29) is 5.91 Å². The summed E-state index contributed by atoms with van der Waals surface area (Å²) < 4.78 is 5.55. The number of nitrogens with zero attached hydrogens (tertiary/aromatic N) is 3. The fraction of sp³-hybridized carbons (Fsp3) is 0.160. The number of hydrogen-bond acceptors (Lipinski definition) is 4. The Labute approximate surface area is 175 Å². The minimum atomic E-state index is 0.0311. The molecule has 3 heterocycles. The number of carbonyl (C=O) groups excluding carboxylic acids is 1. The van der Waals surface area contributed by atoms with Crippen molar-refractivity contribution in [1.29, 1.82) is 0 Å². The van der Waals surface area contributed by atoms with Crippen LogP contribution < -0.4 is 4.74 Å². The number of aromatic nitrogens is 2. The van der Waals surface area contributed by atoms with Crippen molar-refractivity contribution < 1.29 is 9.53 Å². The Morgan fingerprint density at radius 2 is 1.93 bits per heavy atom. The van der Waals surface area contributed by atoms with Gasteiger partial charge < -0.3 is 9.64 Å². The molecule has 5 heteroatoms. The molecule has 2 aromatic heterocycles. The second-order valence-electron chi connectivity index (χ2n) is 7.38. The molecule has 0 radical (unpaired) electrons. The van der Waals surface area contributed by atoms with E-state index in [1.165, 1.54) is 0 Å². The molecule has 0 N–H and O–H groups in total. The molecule has 0 saturated carbocycles. The molecule has 1 amide bonds. The first-order valence-electron chi connectivity index (χ1n) is 9.99. The molecule has 148 valence electrons. The molecule has 5 rings (SSSR count). The number of pyridine rings is 2. The number of amides is 1. The average Bonchev–Trinajstić information content (AvgIpc) is 3.14. The third-order valence-corrected chi connectivity index (χ3v) is 5.61. The lowest BCUT2D eigenvalue weighted by atomic mass is 9.97. The Balaban J connectivity index is 1.42. The highest BCUT2D eigenvalue weighted by Crippen LogP contribution is 2.37. The van der Waals surface area contributed by atoms with Gasteiger partial charge in [0.2, 0.25) is 0 Å². The minimum absolute atomic E-state index is 0.0311. The summed E-state index contributed by atoms with van der Waals surface area (Å²) in [7, 11) is 1.64. The lowest BCUT2D eigenvalue weighted by molar-refractivity contribution is 0.0780. The maximum absolute atomic E-state index is 13.3. The first kappa shape index (κ1) is 18.3. The monoisotopic (exact) mass is 395 g/mol. The van der Waals surface area contributed by atoms with Gasteiger partial charge in [-0.1, -0.05) is 30.3 Å². The summed E-state index contributed by atoms with van der Waals surface area (Å²) in [6.45, 7) is 1.15. The zero-order valence-corrected chi connectivity index (χ0v) is 16.7. The highest BCUT2D eigenvalue weighted by atomic mass is 16.5. The summed E-state index contributed by atoms with van der Waals surface area (Å²) >= 11 is 0. The van der Waals surface area contributed by atoms with Gasteiger partial charge in [-0.25, -0.2) is 0 Å². The SMILES string of the molecule is COc1ccc(-c2cccnc2)c2c1CN(CCc1ccc3ccccc3n1)C2=O. The normalized spacial score (nSPS) is 13.0. The number of hydrogen-bond donors (Lipinski definition) is 0. The van der Waals surface area contributed by atoms with Crippen molar-refractivity contribution in [2.45, 2.75) is 13.0 Å². The summed E-state index contributed by atoms with van der Waals surface area (Å²) in [6.07, 6.45) is 4.23. The van der Waals surface area contributed by atoms with Crippen molar-refractivity contribution in [3.05, 3.63) is 89.9 Å². The molecule has 0 bridgehead atoms. The third-order valence-electron chi connectivity index (χ3n) is 5.61. The van der Waals surface area contributed by atoms with Gasteiger partial charge in [-0.15, -0.1) is 0 Å². The number of fused-ring (bicyclic) bond motifs is 2. The van der Waals surface area contributed by atoms with Gasteiger partial charge in [0, 0.05) is 47.6 Å². The van der Waals surface area contributed by atoms with E-state index in [1.54, 1.807) is 19.5 Å². The molecule has 0 spiro atoms. The van der Waals surface area contributed by atoms with E-state index in [0.717, 1.165) is 39.0 Å². The molecule has 5 nitrogen and oxygen atoms in total. The van der Waals surface area contributed by atoms with Crippen LogP contribution in [0.25, 0.3) is 22.0 Å². The van der Waals surface area contributed by atoms with E-state index < -0.39 is 0 Å². The largest absolute Gasteiger partial charge is 0.496 e. The van der Waals surface area contributed by atoms with E-state index in [0.29, 0.717) is 25.1 Å². The van der Waals surface area contributed by atoms with Crippen molar-refractivity contribution >= 4 is 16.8 Å². The fourth-order valence-corrected chi connectivity index (χ4v) is 4.08. The molecule has 0 unspecified atom stereocenters. The second kappa shape index (κ2) is 7.59. The van der Waals surface area contributed by atoms with Crippen LogP contribution in [-0.2, 0) is 13.0 Å². The molecular weight excluding hydrogens is 374 g/mol. The topological polar surface area (TPSA) is 55.3 Å². The van der Waals surface area contributed by atoms with Crippen LogP contribution in [0.15, 0.2) is 73.1 Å². The number of methoxy groups -OCH3 is 1. The summed E-state index contributed by atoms with van der Waals surface area (Å²) in [5.74, 6) is 0.779. The van der Waals surface area contributed by atoms with Gasteiger partial charge in [0.05, 0.1) is 24.7 Å². The number of carbonyl (C=O) groups is 1. The summed E-state index contributed by atoms with van der Waals surface area (Å²) in [5, 5.41) is 1.12. The quantitative estimate of drug-likeness (QED) is 0.499. The van der Waals surface area contributed by atoms with Crippen LogP contribution in [0.4, 0.5) is 0 Å². The zero-order valence-electron chi connectivity index (χ0n) is 16.7. The van der Waals surface area contributed by atoms with E-state index in [4.69, 9.17) is 9.72 Å². The van der Waals surface area contributed by atoms with Crippen LogP contribution in [0.5, 0.6) is 5.75 Å². The van der Waals surface area contributed by atoms with Crippen LogP contribution in [0.2, 0.25) is 0 Å². The number of ether oxygens (including phenoxy) is 1. The zero-order chi connectivity index (χ0) is 20.5. The Morgan fingerprint density at radius 1 is 1.03 bits per heavy atom. The summed E-state index contributed by atoms with van der Waals surface area (Å²) in [5.41, 5.74) is 5.45. The van der Waals surface area contributed by atoms with Crippen LogP contribution >= 0.6 is 0 Å². The Hall–Kier alpha value is -3.73. The summed E-state index contributed by atoms with van der Waals surface area (Å²) in [6, 6.07) is 19.9. The average molecular weight is 395 g/mol. The highest BCUT2D eigenvalue weighted by molar-refractivity contribution is 6.05. The lowest BCUT2D eigenvalue weighted by Gasteiger charge is -2.15. The van der Waals surface area contributed by atoms with Gasteiger partial charge in [0.1, 0.15) is 5.75 Å². The molecule has 1 aliphatic rings. The van der Waals surface area contributed by atoms with Crippen molar-refractivity contribution in [1.82, 2.24) is 14.9 Å². The predicted molar refractivity (Wildman–Crippen MR) is 116 cm³/mol. The molecule has 1 aliphatic heterocycles. The maximum atomic E-state index is 13.3. The maximum Gasteiger partial charge on any atom is 0.255 e. The number of rotatable bonds is 5. The van der Waals surface area contributed by atoms with Crippen molar-refractivity contribution in [3.63, 3.8) is 0 Å². The van der Waals surface area contributed by atoms with Crippen LogP contribution in [0, 0.1) is 0 Å². The molecule has 0 saturated heterocycles. The van der Waals surface area contributed by atoms with Gasteiger partial charge >= 0.3 is 0 Å². The van der Waals surface area contributed by atoms with Crippen LogP contribution in [0.3, 0.4) is 0 Å². The Morgan fingerprint density at radius 3 is 2.77 bits per heavy atom. The fourth-order valence-electron chi connectivity index (χ4n) is 4.08. The van der Waals surface area contributed by atoms with E-state index in [9.17, 15) is 4.79 Å². The third kappa shape index (κ3) is 3.18. The van der Waals surface area contributed by atoms with Crippen molar-refractivity contribution in [2.24, 2.45) is 0 Å². The highest BCUT2D eigenvalue weighted by Gasteiger charge is 2.32. The molecule has 30 heavy (non-hydrogen) atoms. The minimum Gasteiger partial charge on any atom is -0.496 e. The van der Waals surface area contributed by atoms with Gasteiger partial charge in [-0.3, -0.25) is 14.8 Å². The van der Waals surface area contributed by atoms with Gasteiger partial charge in [-0.05, 0) is 35.9 Å². The lowest BCUT2D eigenvalue weighted by Crippen LogP contribution is -2.26. The number of benzene rings is 2. The molecule has 2 aromatic carbocycles. The first-order chi connectivity index (χ1) is 14.7. The summed E-state index contributed by atoms with van der Waals surface area (Å²) in [4.78, 5) is 24.1. The van der Waals surface area contributed by atoms with Gasteiger partial charge in [-0.2, -0.15) is 0 Å². The van der Waals surface area contributed by atoms with Gasteiger partial charge in [0.25, 0.3) is 5.91 Å². The standard InChI is InChI=1S/C25H21N3O2/c1-30-23-11-10-20(18-6-4-13-26-15-18)24-21(23)16-28(25(24)29)14-12-19-9-8-17-5-2-3-7-22(17)27-19/h2-11,13,15H,12,14,16H2,1H3. The van der Waals surface area contributed by atoms with Crippen LogP contribution in [-0.4, -0.2) is 34.4 Å². The first-order valence-corrected chi connectivity index (χ1v) is 9.99. The molecule has 0 aliphatic carbocycles. The number of para-hydroxylation sites is 1. The van der Waals surface area contributed by atoms with Crippen molar-refractivity contribution in [2.75, 3.05) is 13.7 Å². The van der Waals surface area contributed by atoms with Crippen molar-refractivity contribution in [3.8, 4) is 16.9 Å². The Kier molecular flexibility index (Phi) is 4.64. The smallest absolute Gasteiger partial charge is 0.255 e. The second-order valence-corrected chi connectivity index (χ2v) is 7.38. The molecule has 0 fully saturated rings. The molecule has 0 atom stereocenters. The van der Waals surface area contributed by atoms with Gasteiger partial charge in [0.15, 0.2) is 0 Å². The van der Waals surface area contributed by atoms with E-state index in [2.05, 4.69) is 17.1 Å². The predicted octanol–water partition coefficient (Wildman–Crippen LogP) is 4.50. The van der Waals surface area contributed by atoms with E-state index >= 15 is 0 Å².